The second-order valence-corrected chi connectivity index (χ2v) is 10.1. The van der Waals surface area contributed by atoms with Crippen LogP contribution in [0.5, 0.6) is 0 Å². The topological polar surface area (TPSA) is 66.5 Å². The third kappa shape index (κ3) is 4.26. The summed E-state index contributed by atoms with van der Waals surface area (Å²) in [5.74, 6) is -0.515. The van der Waals surface area contributed by atoms with Gasteiger partial charge in [0.1, 0.15) is 0 Å². The van der Waals surface area contributed by atoms with Crippen molar-refractivity contribution < 1.29 is 13.2 Å². The van der Waals surface area contributed by atoms with Gasteiger partial charge < -0.3 is 0 Å². The largest absolute Gasteiger partial charge is 0.281 e. The highest BCUT2D eigenvalue weighted by molar-refractivity contribution is 9.13. The average molecular weight is 534 g/mol. The molecule has 2 aromatic rings. The second-order valence-electron chi connectivity index (χ2n) is 5.10. The van der Waals surface area contributed by atoms with Gasteiger partial charge in [0.2, 0.25) is 0 Å². The van der Waals surface area contributed by atoms with E-state index in [2.05, 4.69) is 36.7 Å². The normalized spacial score (nSPS) is 16.5. The van der Waals surface area contributed by atoms with Gasteiger partial charge in [0.15, 0.2) is 4.32 Å². The summed E-state index contributed by atoms with van der Waals surface area (Å²) < 4.78 is 26.7. The van der Waals surface area contributed by atoms with Gasteiger partial charge in [0.05, 0.1) is 9.80 Å². The summed E-state index contributed by atoms with van der Waals surface area (Å²) in [5, 5.41) is 0.877. The quantitative estimate of drug-likeness (QED) is 0.468. The first-order chi connectivity index (χ1) is 12.3. The number of carbonyl (C=O) groups is 1. The number of halogens is 2. The number of thioether (sulfide) groups is 1. The van der Waals surface area contributed by atoms with E-state index in [1.165, 1.54) is 12.1 Å². The minimum Gasteiger partial charge on any atom is -0.267 e. The molecule has 0 atom stereocenters. The fraction of sp³-hybridized carbons (Fsp3) is 0. The molecule has 0 aliphatic carbocycles. The first-order valence-corrected chi connectivity index (χ1v) is 11.4. The van der Waals surface area contributed by atoms with Crippen LogP contribution in [0.2, 0.25) is 0 Å². The highest BCUT2D eigenvalue weighted by Gasteiger charge is 2.35. The maximum Gasteiger partial charge on any atom is 0.281 e. The summed E-state index contributed by atoms with van der Waals surface area (Å²) in [4.78, 5) is 15.2. The highest BCUT2D eigenvalue weighted by atomic mass is 79.9. The van der Waals surface area contributed by atoms with Crippen LogP contribution < -0.4 is 4.83 Å². The van der Waals surface area contributed by atoms with Crippen molar-refractivity contribution in [3.05, 3.63) is 67.9 Å². The van der Waals surface area contributed by atoms with Crippen molar-refractivity contribution in [3.8, 4) is 0 Å². The number of benzene rings is 2. The van der Waals surface area contributed by atoms with Gasteiger partial charge in [-0.3, -0.25) is 4.79 Å². The molecule has 0 radical (unpaired) electrons. The van der Waals surface area contributed by atoms with Gasteiger partial charge >= 0.3 is 0 Å². The molecule has 1 heterocycles. The number of hydrogen-bond donors (Lipinski definition) is 1. The number of sulfonamides is 1. The minimum absolute atomic E-state index is 0.0508. The van der Waals surface area contributed by atoms with Crippen LogP contribution in [0.15, 0.2) is 67.3 Å². The van der Waals surface area contributed by atoms with Crippen molar-refractivity contribution in [1.29, 1.82) is 0 Å². The molecule has 3 rings (SSSR count). The van der Waals surface area contributed by atoms with E-state index in [0.29, 0.717) is 4.91 Å². The molecule has 26 heavy (non-hydrogen) atoms. The molecule has 5 nitrogen and oxygen atoms in total. The Hall–Kier alpha value is -1.04. The highest BCUT2D eigenvalue weighted by Crippen LogP contribution is 2.33. The summed E-state index contributed by atoms with van der Waals surface area (Å²) in [6.45, 7) is 0. The van der Waals surface area contributed by atoms with Crippen molar-refractivity contribution in [1.82, 2.24) is 9.84 Å². The Morgan fingerprint density at radius 1 is 1.08 bits per heavy atom. The van der Waals surface area contributed by atoms with Gasteiger partial charge in [-0.05, 0) is 67.8 Å². The Morgan fingerprint density at radius 3 is 2.42 bits per heavy atom. The molecular weight excluding hydrogens is 524 g/mol. The van der Waals surface area contributed by atoms with Crippen LogP contribution in [-0.4, -0.2) is 23.7 Å². The van der Waals surface area contributed by atoms with Crippen molar-refractivity contribution >= 4 is 82.2 Å². The fourth-order valence-corrected chi connectivity index (χ4v) is 5.05. The van der Waals surface area contributed by atoms with Crippen LogP contribution in [-0.2, 0) is 14.8 Å². The Bertz CT molecular complexity index is 1020. The first-order valence-electron chi connectivity index (χ1n) is 7.08. The van der Waals surface area contributed by atoms with Gasteiger partial charge in [0, 0.05) is 8.95 Å². The van der Waals surface area contributed by atoms with Crippen LogP contribution >= 0.6 is 55.8 Å². The third-order valence-electron chi connectivity index (χ3n) is 3.30. The van der Waals surface area contributed by atoms with E-state index >= 15 is 0 Å². The van der Waals surface area contributed by atoms with Crippen LogP contribution in [0.1, 0.15) is 5.56 Å². The lowest BCUT2D eigenvalue weighted by atomic mass is 10.2. The van der Waals surface area contributed by atoms with Crippen molar-refractivity contribution in [2.45, 2.75) is 4.90 Å². The van der Waals surface area contributed by atoms with Gasteiger partial charge in [-0.2, -0.15) is 0 Å². The monoisotopic (exact) mass is 532 g/mol. The number of rotatable bonds is 4. The maximum atomic E-state index is 12.6. The van der Waals surface area contributed by atoms with Gasteiger partial charge in [-0.15, -0.1) is 4.83 Å². The fourth-order valence-electron chi connectivity index (χ4n) is 2.07. The SMILES string of the molecule is O=C1/C(=C\c2ccc(Br)c(Br)c2)SC(=S)N1NS(=O)(=O)c1ccccc1. The molecule has 1 amide bonds. The number of hydrazine groups is 1. The molecular formula is C16H10Br2N2O3S3. The molecule has 2 aromatic carbocycles. The predicted octanol–water partition coefficient (Wildman–Crippen LogP) is 4.31. The lowest BCUT2D eigenvalue weighted by molar-refractivity contribution is -0.123. The lowest BCUT2D eigenvalue weighted by Crippen LogP contribution is -2.44. The number of hydrogen-bond acceptors (Lipinski definition) is 5. The van der Waals surface area contributed by atoms with Crippen molar-refractivity contribution in [2.24, 2.45) is 0 Å². The predicted molar refractivity (Wildman–Crippen MR) is 114 cm³/mol. The van der Waals surface area contributed by atoms with E-state index in [4.69, 9.17) is 12.2 Å². The molecule has 0 saturated carbocycles. The molecule has 0 spiro atoms. The third-order valence-corrected chi connectivity index (χ3v) is 7.80. The summed E-state index contributed by atoms with van der Waals surface area (Å²) in [7, 11) is -3.90. The summed E-state index contributed by atoms with van der Waals surface area (Å²) in [6, 6.07) is 13.3. The zero-order chi connectivity index (χ0) is 18.9. The molecule has 0 unspecified atom stereocenters. The Balaban J connectivity index is 1.85. The molecule has 1 aliphatic heterocycles. The van der Waals surface area contributed by atoms with Crippen LogP contribution in [0.25, 0.3) is 6.08 Å². The van der Waals surface area contributed by atoms with Crippen molar-refractivity contribution in [3.63, 3.8) is 0 Å². The Labute approximate surface area is 177 Å². The number of nitrogens with one attached hydrogen (secondary N) is 1. The molecule has 1 N–H and O–H groups in total. The second kappa shape index (κ2) is 7.91. The maximum absolute atomic E-state index is 12.6. The number of amides is 1. The molecule has 134 valence electrons. The zero-order valence-corrected chi connectivity index (χ0v) is 18.5. The van der Waals surface area contributed by atoms with Crippen LogP contribution in [0, 0.1) is 0 Å². The summed E-state index contributed by atoms with van der Waals surface area (Å²) in [5.41, 5.74) is 0.784. The number of carbonyl (C=O) groups excluding carboxylic acids is 1. The first kappa shape index (κ1) is 19.7. The van der Waals surface area contributed by atoms with E-state index in [1.807, 2.05) is 18.2 Å². The molecule has 1 aliphatic rings. The Morgan fingerprint density at radius 2 is 1.77 bits per heavy atom. The summed E-state index contributed by atoms with van der Waals surface area (Å²) in [6.07, 6.45) is 1.66. The molecule has 0 bridgehead atoms. The van der Waals surface area contributed by atoms with E-state index < -0.39 is 15.9 Å². The summed E-state index contributed by atoms with van der Waals surface area (Å²) >= 11 is 13.0. The van der Waals surface area contributed by atoms with Crippen LogP contribution in [0.3, 0.4) is 0 Å². The minimum atomic E-state index is -3.90. The number of thiocarbonyl (C=S) groups is 1. The Kier molecular flexibility index (Phi) is 6.00. The molecule has 0 aromatic heterocycles. The number of nitrogens with zero attached hydrogens (tertiary/aromatic N) is 1. The molecule has 1 saturated heterocycles. The van der Waals surface area contributed by atoms with E-state index in [-0.39, 0.29) is 9.22 Å². The van der Waals surface area contributed by atoms with E-state index in [9.17, 15) is 13.2 Å². The zero-order valence-electron chi connectivity index (χ0n) is 12.8. The van der Waals surface area contributed by atoms with E-state index in [1.54, 1.807) is 24.3 Å². The average Bonchev–Trinajstić information content (AvgIpc) is 2.86. The lowest BCUT2D eigenvalue weighted by Gasteiger charge is -2.15. The van der Waals surface area contributed by atoms with E-state index in [0.717, 1.165) is 31.3 Å². The molecule has 10 heteroatoms. The standard InChI is InChI=1S/C16H10Br2N2O3S3/c17-12-7-6-10(8-13(12)18)9-14-15(21)20(16(24)25-14)19-26(22,23)11-4-2-1-3-5-11/h1-9,19H/b14-9+. The van der Waals surface area contributed by atoms with Gasteiger partial charge in [-0.25, -0.2) is 13.4 Å². The van der Waals surface area contributed by atoms with Crippen LogP contribution in [0.4, 0.5) is 0 Å². The van der Waals surface area contributed by atoms with Gasteiger partial charge in [-0.1, -0.05) is 48.2 Å². The smallest absolute Gasteiger partial charge is 0.267 e. The van der Waals surface area contributed by atoms with Gasteiger partial charge in [0.25, 0.3) is 15.9 Å². The van der Waals surface area contributed by atoms with Crippen molar-refractivity contribution in [2.75, 3.05) is 0 Å². The molecule has 1 fully saturated rings.